The van der Waals surface area contributed by atoms with Crippen LogP contribution in [0.25, 0.3) is 22.2 Å². The zero-order chi connectivity index (χ0) is 19.8. The van der Waals surface area contributed by atoms with Crippen LogP contribution in [0.1, 0.15) is 24.3 Å². The third kappa shape index (κ3) is 3.26. The molecule has 0 bridgehead atoms. The Hall–Kier alpha value is -3.48. The van der Waals surface area contributed by atoms with Crippen molar-refractivity contribution in [2.24, 2.45) is 5.73 Å². The Labute approximate surface area is 161 Å². The van der Waals surface area contributed by atoms with E-state index < -0.39 is 11.7 Å². The largest absolute Gasteiger partial charge is 0.441 e. The van der Waals surface area contributed by atoms with Crippen molar-refractivity contribution in [1.29, 1.82) is 0 Å². The second-order valence-electron chi connectivity index (χ2n) is 6.73. The average Bonchev–Trinajstić information content (AvgIpc) is 3.00. The fourth-order valence-corrected chi connectivity index (χ4v) is 3.30. The minimum absolute atomic E-state index is 0.112. The number of carbonyl (C=O) groups excluding carboxylic acids is 1. The summed E-state index contributed by atoms with van der Waals surface area (Å²) in [4.78, 5) is 21.0. The van der Waals surface area contributed by atoms with E-state index in [2.05, 4.69) is 15.3 Å². The predicted molar refractivity (Wildman–Crippen MR) is 105 cm³/mol. The smallest absolute Gasteiger partial charge is 0.261 e. The van der Waals surface area contributed by atoms with Crippen LogP contribution in [0.5, 0.6) is 0 Å². The first kappa shape index (κ1) is 17.9. The third-order valence-electron chi connectivity index (χ3n) is 4.67. The molecule has 0 atom stereocenters. The number of aryl methyl sites for hydroxylation is 2. The molecule has 3 N–H and O–H groups in total. The number of nitrogens with zero attached hydrogens (tertiary/aromatic N) is 2. The Morgan fingerprint density at radius 3 is 2.82 bits per heavy atom. The van der Waals surface area contributed by atoms with Gasteiger partial charge in [-0.25, -0.2) is 14.4 Å². The summed E-state index contributed by atoms with van der Waals surface area (Å²) in [6.45, 7) is 3.79. The van der Waals surface area contributed by atoms with E-state index in [1.807, 2.05) is 25.1 Å². The van der Waals surface area contributed by atoms with E-state index in [9.17, 15) is 9.18 Å². The highest BCUT2D eigenvalue weighted by atomic mass is 19.1. The van der Waals surface area contributed by atoms with Crippen LogP contribution in [0.2, 0.25) is 0 Å². The zero-order valence-corrected chi connectivity index (χ0v) is 15.5. The Balaban J connectivity index is 1.58. The first-order valence-corrected chi connectivity index (χ1v) is 8.92. The fraction of sp³-hybridized carbons (Fsp3) is 0.190. The molecule has 0 fully saturated rings. The molecule has 6 nitrogen and oxygen atoms in total. The lowest BCUT2D eigenvalue weighted by Crippen LogP contribution is -2.22. The highest BCUT2D eigenvalue weighted by molar-refractivity contribution is 6.06. The monoisotopic (exact) mass is 378 g/mol. The van der Waals surface area contributed by atoms with Gasteiger partial charge in [0.1, 0.15) is 17.2 Å². The number of fused-ring (bicyclic) bond motifs is 1. The summed E-state index contributed by atoms with van der Waals surface area (Å²) < 4.78 is 19.6. The number of rotatable bonds is 3. The third-order valence-corrected chi connectivity index (χ3v) is 4.67. The van der Waals surface area contributed by atoms with E-state index in [0.717, 1.165) is 22.2 Å². The summed E-state index contributed by atoms with van der Waals surface area (Å²) in [5.74, 6) is -0.164. The normalized spacial score (nSPS) is 14.3. The molecule has 0 saturated heterocycles. The van der Waals surface area contributed by atoms with Gasteiger partial charge in [0, 0.05) is 30.8 Å². The lowest BCUT2D eigenvalue weighted by Gasteiger charge is -2.14. The number of pyridine rings is 1. The number of allylic oxidation sites excluding steroid dienone is 2. The minimum Gasteiger partial charge on any atom is -0.441 e. The number of benzene rings is 1. The molecule has 2 aromatic heterocycles. The molecule has 28 heavy (non-hydrogen) atoms. The van der Waals surface area contributed by atoms with Crippen molar-refractivity contribution in [2.45, 2.75) is 26.7 Å². The molecule has 0 radical (unpaired) electrons. The SMILES string of the molecule is Cc1nc2cc(C)c(-c3ccc(NC(=O)C4=C(F)CCC=C4N)nc3)cc2o1. The molecular formula is C21H19FN4O2. The maximum Gasteiger partial charge on any atom is 0.261 e. The number of hydrogen-bond donors (Lipinski definition) is 2. The molecule has 4 rings (SSSR count). The molecule has 3 aromatic rings. The summed E-state index contributed by atoms with van der Waals surface area (Å²) in [7, 11) is 0. The number of carbonyl (C=O) groups is 1. The Kier molecular flexibility index (Phi) is 4.43. The number of halogens is 1. The van der Waals surface area contributed by atoms with E-state index in [4.69, 9.17) is 10.2 Å². The molecule has 1 amide bonds. The first-order valence-electron chi connectivity index (χ1n) is 8.92. The molecule has 7 heteroatoms. The highest BCUT2D eigenvalue weighted by Gasteiger charge is 2.21. The molecular weight excluding hydrogens is 359 g/mol. The minimum atomic E-state index is -0.596. The van der Waals surface area contributed by atoms with Crippen LogP contribution in [0.15, 0.2) is 58.1 Å². The maximum absolute atomic E-state index is 14.0. The van der Waals surface area contributed by atoms with Crippen molar-refractivity contribution >= 4 is 22.8 Å². The summed E-state index contributed by atoms with van der Waals surface area (Å²) >= 11 is 0. The summed E-state index contributed by atoms with van der Waals surface area (Å²) in [6, 6.07) is 7.40. The zero-order valence-electron chi connectivity index (χ0n) is 15.5. The lowest BCUT2D eigenvalue weighted by atomic mass is 10.0. The molecule has 0 spiro atoms. The van der Waals surface area contributed by atoms with Crippen LogP contribution >= 0.6 is 0 Å². The number of oxazole rings is 1. The van der Waals surface area contributed by atoms with Gasteiger partial charge in [-0.15, -0.1) is 0 Å². The molecule has 1 aliphatic rings. The van der Waals surface area contributed by atoms with Crippen molar-refractivity contribution in [1.82, 2.24) is 9.97 Å². The van der Waals surface area contributed by atoms with Crippen LogP contribution in [0.4, 0.5) is 10.2 Å². The number of anilines is 1. The van der Waals surface area contributed by atoms with Gasteiger partial charge >= 0.3 is 0 Å². The number of aromatic nitrogens is 2. The molecule has 0 unspecified atom stereocenters. The van der Waals surface area contributed by atoms with Gasteiger partial charge in [-0.05, 0) is 48.7 Å². The molecule has 0 aliphatic heterocycles. The van der Waals surface area contributed by atoms with E-state index in [1.54, 1.807) is 25.3 Å². The number of nitrogens with two attached hydrogens (primary N) is 1. The van der Waals surface area contributed by atoms with Gasteiger partial charge in [0.2, 0.25) is 0 Å². The van der Waals surface area contributed by atoms with Gasteiger partial charge in [-0.3, -0.25) is 4.79 Å². The van der Waals surface area contributed by atoms with Crippen LogP contribution in [-0.4, -0.2) is 15.9 Å². The second kappa shape index (κ2) is 6.92. The second-order valence-corrected chi connectivity index (χ2v) is 6.73. The van der Waals surface area contributed by atoms with Crippen molar-refractivity contribution in [2.75, 3.05) is 5.32 Å². The van der Waals surface area contributed by atoms with Gasteiger partial charge in [-0.2, -0.15) is 0 Å². The number of hydrogen-bond acceptors (Lipinski definition) is 5. The molecule has 1 aromatic carbocycles. The lowest BCUT2D eigenvalue weighted by molar-refractivity contribution is -0.112. The number of nitrogens with one attached hydrogen (secondary N) is 1. The van der Waals surface area contributed by atoms with E-state index in [0.29, 0.717) is 23.7 Å². The van der Waals surface area contributed by atoms with Crippen LogP contribution in [0.3, 0.4) is 0 Å². The summed E-state index contributed by atoms with van der Waals surface area (Å²) in [5, 5.41) is 2.60. The topological polar surface area (TPSA) is 94.0 Å². The van der Waals surface area contributed by atoms with Crippen LogP contribution < -0.4 is 11.1 Å². The predicted octanol–water partition coefficient (Wildman–Crippen LogP) is 4.31. The van der Waals surface area contributed by atoms with Gasteiger partial charge in [0.05, 0.1) is 5.57 Å². The fourth-order valence-electron chi connectivity index (χ4n) is 3.30. The highest BCUT2D eigenvalue weighted by Crippen LogP contribution is 2.29. The van der Waals surface area contributed by atoms with Gasteiger partial charge in [-0.1, -0.05) is 6.08 Å². The van der Waals surface area contributed by atoms with Gasteiger partial charge in [0.15, 0.2) is 11.5 Å². The Morgan fingerprint density at radius 2 is 2.11 bits per heavy atom. The van der Waals surface area contributed by atoms with E-state index >= 15 is 0 Å². The Morgan fingerprint density at radius 1 is 1.29 bits per heavy atom. The van der Waals surface area contributed by atoms with Gasteiger partial charge in [0.25, 0.3) is 5.91 Å². The average molecular weight is 378 g/mol. The molecule has 2 heterocycles. The van der Waals surface area contributed by atoms with Gasteiger partial charge < -0.3 is 15.5 Å². The Bertz CT molecular complexity index is 1140. The van der Waals surface area contributed by atoms with Crippen molar-refractivity contribution in [3.63, 3.8) is 0 Å². The van der Waals surface area contributed by atoms with Crippen LogP contribution in [-0.2, 0) is 4.79 Å². The molecule has 0 saturated carbocycles. The first-order chi connectivity index (χ1) is 13.4. The maximum atomic E-state index is 14.0. The summed E-state index contributed by atoms with van der Waals surface area (Å²) in [5.41, 5.74) is 10.2. The molecule has 142 valence electrons. The molecule has 1 aliphatic carbocycles. The van der Waals surface area contributed by atoms with Crippen LogP contribution in [0, 0.1) is 13.8 Å². The standard InChI is InChI=1S/C21H19FN4O2/c1-11-8-17-18(28-12(2)25-17)9-14(11)13-6-7-19(24-10-13)26-21(27)20-15(22)4-3-5-16(20)23/h5-10H,3-4,23H2,1-2H3,(H,24,26,27). The summed E-state index contributed by atoms with van der Waals surface area (Å²) in [6.07, 6.45) is 3.98. The van der Waals surface area contributed by atoms with E-state index in [-0.39, 0.29) is 17.7 Å². The van der Waals surface area contributed by atoms with Crippen molar-refractivity contribution in [3.8, 4) is 11.1 Å². The van der Waals surface area contributed by atoms with Crippen molar-refractivity contribution in [3.05, 3.63) is 65.1 Å². The van der Waals surface area contributed by atoms with E-state index in [1.165, 1.54) is 0 Å². The number of amides is 1. The quantitative estimate of drug-likeness (QED) is 0.708. The van der Waals surface area contributed by atoms with Crippen molar-refractivity contribution < 1.29 is 13.6 Å².